The molecule has 0 saturated heterocycles. The van der Waals surface area contributed by atoms with E-state index < -0.39 is 6.10 Å². The van der Waals surface area contributed by atoms with E-state index in [-0.39, 0.29) is 5.91 Å². The molecule has 0 saturated carbocycles. The van der Waals surface area contributed by atoms with Gasteiger partial charge in [-0.3, -0.25) is 9.59 Å². The zero-order valence-corrected chi connectivity index (χ0v) is 15.0. The normalized spacial score (nSPS) is 11.5. The standard InChI is InChI=1S/C18H18BrNO4/c1-12(18(22)20-10-13-6-4-3-5-7-13)24-17-8-14(11-21)15(19)9-16(17)23-2/h3-9,11-12H,10H2,1-2H3,(H,20,22)/t12-/m1/s1. The Morgan fingerprint density at radius 1 is 1.25 bits per heavy atom. The van der Waals surface area contributed by atoms with E-state index in [9.17, 15) is 9.59 Å². The molecule has 2 aromatic carbocycles. The Bertz CT molecular complexity index is 718. The topological polar surface area (TPSA) is 64.6 Å². The van der Waals surface area contributed by atoms with Crippen molar-refractivity contribution in [3.05, 3.63) is 58.1 Å². The van der Waals surface area contributed by atoms with Crippen molar-refractivity contribution in [1.29, 1.82) is 0 Å². The van der Waals surface area contributed by atoms with Crippen molar-refractivity contribution in [3.8, 4) is 11.5 Å². The summed E-state index contributed by atoms with van der Waals surface area (Å²) in [5, 5.41) is 2.81. The van der Waals surface area contributed by atoms with E-state index in [2.05, 4.69) is 21.2 Å². The number of hydrogen-bond donors (Lipinski definition) is 1. The molecule has 0 aliphatic carbocycles. The van der Waals surface area contributed by atoms with Crippen molar-refractivity contribution < 1.29 is 19.1 Å². The number of benzene rings is 2. The summed E-state index contributed by atoms with van der Waals surface area (Å²) in [7, 11) is 1.50. The zero-order valence-electron chi connectivity index (χ0n) is 13.4. The highest BCUT2D eigenvalue weighted by atomic mass is 79.9. The van der Waals surface area contributed by atoms with E-state index in [4.69, 9.17) is 9.47 Å². The lowest BCUT2D eigenvalue weighted by Crippen LogP contribution is -2.36. The lowest BCUT2D eigenvalue weighted by atomic mass is 10.2. The summed E-state index contributed by atoms with van der Waals surface area (Å²) >= 11 is 3.28. The van der Waals surface area contributed by atoms with Gasteiger partial charge in [0.1, 0.15) is 0 Å². The van der Waals surface area contributed by atoms with Crippen LogP contribution >= 0.6 is 15.9 Å². The molecule has 0 spiro atoms. The largest absolute Gasteiger partial charge is 0.493 e. The van der Waals surface area contributed by atoms with Crippen molar-refractivity contribution in [2.24, 2.45) is 0 Å². The van der Waals surface area contributed by atoms with Crippen molar-refractivity contribution in [1.82, 2.24) is 5.32 Å². The molecule has 0 bridgehead atoms. The molecule has 0 aromatic heterocycles. The average Bonchev–Trinajstić information content (AvgIpc) is 2.61. The van der Waals surface area contributed by atoms with Crippen molar-refractivity contribution >= 4 is 28.1 Å². The first-order valence-corrected chi connectivity index (χ1v) is 8.15. The molecule has 0 aliphatic heterocycles. The smallest absolute Gasteiger partial charge is 0.261 e. The number of nitrogens with one attached hydrogen (secondary N) is 1. The highest BCUT2D eigenvalue weighted by Gasteiger charge is 2.18. The van der Waals surface area contributed by atoms with Gasteiger partial charge in [0.2, 0.25) is 0 Å². The zero-order chi connectivity index (χ0) is 17.5. The van der Waals surface area contributed by atoms with Gasteiger partial charge >= 0.3 is 0 Å². The second-order valence-electron chi connectivity index (χ2n) is 5.11. The van der Waals surface area contributed by atoms with Crippen LogP contribution in [-0.2, 0) is 11.3 Å². The molecular weight excluding hydrogens is 374 g/mol. The molecule has 2 rings (SSSR count). The SMILES string of the molecule is COc1cc(Br)c(C=O)cc1O[C@H](C)C(=O)NCc1ccccc1. The predicted octanol–water partition coefficient (Wildman–Crippen LogP) is 3.35. The van der Waals surface area contributed by atoms with E-state index in [1.807, 2.05) is 30.3 Å². The Kier molecular flexibility index (Phi) is 6.37. The molecule has 2 aromatic rings. The second kappa shape index (κ2) is 8.49. The predicted molar refractivity (Wildman–Crippen MR) is 94.5 cm³/mol. The van der Waals surface area contributed by atoms with E-state index in [1.165, 1.54) is 13.2 Å². The molecule has 6 heteroatoms. The van der Waals surface area contributed by atoms with Crippen LogP contribution < -0.4 is 14.8 Å². The van der Waals surface area contributed by atoms with Crippen LogP contribution in [0.3, 0.4) is 0 Å². The van der Waals surface area contributed by atoms with Gasteiger partial charge in [0, 0.05) is 16.6 Å². The summed E-state index contributed by atoms with van der Waals surface area (Å²) < 4.78 is 11.5. The quantitative estimate of drug-likeness (QED) is 0.734. The monoisotopic (exact) mass is 391 g/mol. The lowest BCUT2D eigenvalue weighted by molar-refractivity contribution is -0.127. The Balaban J connectivity index is 2.04. The van der Waals surface area contributed by atoms with Crippen LogP contribution in [0.15, 0.2) is 46.9 Å². The molecule has 1 N–H and O–H groups in total. The molecule has 24 heavy (non-hydrogen) atoms. The molecule has 0 aliphatic rings. The first-order chi connectivity index (χ1) is 11.5. The van der Waals surface area contributed by atoms with Crippen LogP contribution in [0.4, 0.5) is 0 Å². The summed E-state index contributed by atoms with van der Waals surface area (Å²) in [6.07, 6.45) is -0.0282. The maximum absolute atomic E-state index is 12.2. The molecule has 5 nitrogen and oxygen atoms in total. The average molecular weight is 392 g/mol. The maximum atomic E-state index is 12.2. The minimum Gasteiger partial charge on any atom is -0.493 e. The number of carbonyl (C=O) groups excluding carboxylic acids is 2. The summed E-state index contributed by atoms with van der Waals surface area (Å²) in [5.41, 5.74) is 1.42. The van der Waals surface area contributed by atoms with E-state index in [0.29, 0.717) is 34.4 Å². The van der Waals surface area contributed by atoms with Gasteiger partial charge in [-0.25, -0.2) is 0 Å². The van der Waals surface area contributed by atoms with Gasteiger partial charge in [-0.15, -0.1) is 0 Å². The maximum Gasteiger partial charge on any atom is 0.261 e. The number of amides is 1. The van der Waals surface area contributed by atoms with Gasteiger partial charge in [0.15, 0.2) is 23.9 Å². The van der Waals surface area contributed by atoms with Gasteiger partial charge in [-0.2, -0.15) is 0 Å². The molecule has 0 radical (unpaired) electrons. The van der Waals surface area contributed by atoms with E-state index in [1.54, 1.807) is 13.0 Å². The fourth-order valence-electron chi connectivity index (χ4n) is 2.07. The number of halogens is 1. The van der Waals surface area contributed by atoms with Gasteiger partial charge in [0.25, 0.3) is 5.91 Å². The highest BCUT2D eigenvalue weighted by Crippen LogP contribution is 2.33. The molecule has 0 fully saturated rings. The number of ether oxygens (including phenoxy) is 2. The molecule has 1 atom stereocenters. The Hall–Kier alpha value is -2.34. The van der Waals surface area contributed by atoms with E-state index >= 15 is 0 Å². The summed E-state index contributed by atoms with van der Waals surface area (Å²) in [4.78, 5) is 23.2. The fourth-order valence-corrected chi connectivity index (χ4v) is 2.48. The Morgan fingerprint density at radius 3 is 2.58 bits per heavy atom. The van der Waals surface area contributed by atoms with Gasteiger partial charge in [-0.05, 0) is 40.5 Å². The van der Waals surface area contributed by atoms with Crippen LogP contribution in [0.25, 0.3) is 0 Å². The highest BCUT2D eigenvalue weighted by molar-refractivity contribution is 9.10. The summed E-state index contributed by atoms with van der Waals surface area (Å²) in [5.74, 6) is 0.525. The van der Waals surface area contributed by atoms with Gasteiger partial charge in [-0.1, -0.05) is 30.3 Å². The third-order valence-electron chi connectivity index (χ3n) is 3.39. The summed E-state index contributed by atoms with van der Waals surface area (Å²) in [6, 6.07) is 12.8. The first kappa shape index (κ1) is 18.0. The lowest BCUT2D eigenvalue weighted by Gasteiger charge is -2.17. The summed E-state index contributed by atoms with van der Waals surface area (Å²) in [6.45, 7) is 2.06. The van der Waals surface area contributed by atoms with Crippen LogP contribution in [0.2, 0.25) is 0 Å². The fraction of sp³-hybridized carbons (Fsp3) is 0.222. The number of hydrogen-bond acceptors (Lipinski definition) is 4. The number of rotatable bonds is 7. The van der Waals surface area contributed by atoms with E-state index in [0.717, 1.165) is 5.56 Å². The molecule has 0 unspecified atom stereocenters. The minimum atomic E-state index is -0.733. The van der Waals surface area contributed by atoms with Crippen molar-refractivity contribution in [3.63, 3.8) is 0 Å². The molecule has 1 amide bonds. The van der Waals surface area contributed by atoms with Crippen LogP contribution in [-0.4, -0.2) is 25.4 Å². The van der Waals surface area contributed by atoms with Crippen LogP contribution in [0, 0.1) is 0 Å². The number of aldehydes is 1. The first-order valence-electron chi connectivity index (χ1n) is 7.36. The molecular formula is C18H18BrNO4. The molecule has 126 valence electrons. The number of methoxy groups -OCH3 is 1. The minimum absolute atomic E-state index is 0.253. The van der Waals surface area contributed by atoms with Gasteiger partial charge in [0.05, 0.1) is 7.11 Å². The Morgan fingerprint density at radius 2 is 1.96 bits per heavy atom. The Labute approximate surface area is 149 Å². The van der Waals surface area contributed by atoms with Crippen LogP contribution in [0.1, 0.15) is 22.8 Å². The molecule has 0 heterocycles. The van der Waals surface area contributed by atoms with Crippen LogP contribution in [0.5, 0.6) is 11.5 Å². The third-order valence-corrected chi connectivity index (χ3v) is 4.08. The van der Waals surface area contributed by atoms with Gasteiger partial charge < -0.3 is 14.8 Å². The number of carbonyl (C=O) groups is 2. The van der Waals surface area contributed by atoms with Crippen molar-refractivity contribution in [2.75, 3.05) is 7.11 Å². The van der Waals surface area contributed by atoms with Crippen molar-refractivity contribution in [2.45, 2.75) is 19.6 Å². The third kappa shape index (κ3) is 4.58. The second-order valence-corrected chi connectivity index (χ2v) is 5.96.